The molecule has 0 amide bonds. The van der Waals surface area contributed by atoms with Gasteiger partial charge in [0.05, 0.1) is 22.8 Å². The summed E-state index contributed by atoms with van der Waals surface area (Å²) in [5.74, 6) is 0.288. The monoisotopic (exact) mass is 450 g/mol. The third-order valence-corrected chi connectivity index (χ3v) is 7.13. The van der Waals surface area contributed by atoms with Gasteiger partial charge < -0.3 is 5.11 Å². The molecule has 2 heterocycles. The largest absolute Gasteiger partial charge is 0.508 e. The quantitative estimate of drug-likeness (QED) is 0.339. The van der Waals surface area contributed by atoms with E-state index in [1.165, 1.54) is 5.56 Å². The number of rotatable bonds is 6. The molecular weight excluding hydrogens is 416 g/mol. The highest BCUT2D eigenvalue weighted by molar-refractivity contribution is 5.44. The van der Waals surface area contributed by atoms with Gasteiger partial charge in [-0.05, 0) is 49.7 Å². The van der Waals surface area contributed by atoms with Gasteiger partial charge in [0.25, 0.3) is 0 Å². The zero-order chi connectivity index (χ0) is 24.6. The molecule has 3 nitrogen and oxygen atoms in total. The van der Waals surface area contributed by atoms with Gasteiger partial charge in [0.1, 0.15) is 5.75 Å². The lowest BCUT2D eigenvalue weighted by molar-refractivity contribution is 0.450. The molecule has 0 bridgehead atoms. The number of nitrogens with zero attached hydrogens (tertiary/aromatic N) is 2. The minimum atomic E-state index is -0.442. The summed E-state index contributed by atoms with van der Waals surface area (Å²) in [6.45, 7) is 13.0. The van der Waals surface area contributed by atoms with E-state index in [1.54, 1.807) is 6.07 Å². The highest BCUT2D eigenvalue weighted by atomic mass is 16.3. The van der Waals surface area contributed by atoms with Crippen LogP contribution < -0.4 is 0 Å². The van der Waals surface area contributed by atoms with E-state index < -0.39 is 10.8 Å². The molecule has 0 unspecified atom stereocenters. The normalized spacial score (nSPS) is 12.5. The molecule has 0 aliphatic carbocycles. The zero-order valence-electron chi connectivity index (χ0n) is 21.0. The zero-order valence-corrected chi connectivity index (χ0v) is 21.0. The molecule has 0 radical (unpaired) electrons. The number of aromatic hydroxyl groups is 1. The molecule has 2 aromatic carbocycles. The number of phenols is 1. The van der Waals surface area contributed by atoms with Gasteiger partial charge in [-0.25, -0.2) is 0 Å². The van der Waals surface area contributed by atoms with E-state index in [2.05, 4.69) is 96.1 Å². The summed E-state index contributed by atoms with van der Waals surface area (Å²) in [6, 6.07) is 30.5. The third kappa shape index (κ3) is 4.23. The Morgan fingerprint density at radius 1 is 0.471 bits per heavy atom. The van der Waals surface area contributed by atoms with E-state index in [9.17, 15) is 5.11 Å². The molecule has 0 saturated heterocycles. The lowest BCUT2D eigenvalue weighted by Crippen LogP contribution is -2.28. The highest BCUT2D eigenvalue weighted by Crippen LogP contribution is 2.38. The van der Waals surface area contributed by atoms with E-state index in [0.29, 0.717) is 0 Å². The number of phenolic OH excluding ortho intramolecular Hbond substituents is 1. The molecule has 0 aliphatic rings. The Balaban J connectivity index is 1.74. The Bertz CT molecular complexity index is 1290. The van der Waals surface area contributed by atoms with Crippen molar-refractivity contribution in [1.82, 2.24) is 9.97 Å². The van der Waals surface area contributed by atoms with E-state index in [1.807, 2.05) is 30.3 Å². The van der Waals surface area contributed by atoms with Crippen molar-refractivity contribution in [2.75, 3.05) is 0 Å². The van der Waals surface area contributed by atoms with Gasteiger partial charge in [-0.15, -0.1) is 0 Å². The molecule has 0 atom stereocenters. The summed E-state index contributed by atoms with van der Waals surface area (Å²) in [6.07, 6.45) is 0. The van der Waals surface area contributed by atoms with E-state index in [4.69, 9.17) is 9.97 Å². The predicted octanol–water partition coefficient (Wildman–Crippen LogP) is 7.16. The Kier molecular flexibility index (Phi) is 6.07. The van der Waals surface area contributed by atoms with Crippen LogP contribution in [0.5, 0.6) is 5.75 Å². The Labute approximate surface area is 203 Å². The first-order valence-corrected chi connectivity index (χ1v) is 11.8. The Morgan fingerprint density at radius 2 is 0.912 bits per heavy atom. The summed E-state index contributed by atoms with van der Waals surface area (Å²) in [4.78, 5) is 10.3. The maximum absolute atomic E-state index is 10.5. The number of hydrogen-bond donors (Lipinski definition) is 1. The lowest BCUT2D eigenvalue weighted by Gasteiger charge is -2.31. The van der Waals surface area contributed by atoms with Crippen LogP contribution in [0.25, 0.3) is 0 Å². The summed E-state index contributed by atoms with van der Waals surface area (Å²) in [5, 5.41) is 10.5. The van der Waals surface area contributed by atoms with Gasteiger partial charge in [0.2, 0.25) is 0 Å². The van der Waals surface area contributed by atoms with Gasteiger partial charge in [0.15, 0.2) is 0 Å². The Hall–Kier alpha value is -3.46. The van der Waals surface area contributed by atoms with Gasteiger partial charge >= 0.3 is 0 Å². The summed E-state index contributed by atoms with van der Waals surface area (Å²) in [5.41, 5.74) is 4.94. The van der Waals surface area contributed by atoms with E-state index in [0.717, 1.165) is 28.3 Å². The topological polar surface area (TPSA) is 46.0 Å². The van der Waals surface area contributed by atoms with Crippen LogP contribution >= 0.6 is 0 Å². The van der Waals surface area contributed by atoms with Crippen molar-refractivity contribution in [3.63, 3.8) is 0 Å². The second-order valence-corrected chi connectivity index (χ2v) is 10.6. The fourth-order valence-corrected chi connectivity index (χ4v) is 4.54. The van der Waals surface area contributed by atoms with Crippen LogP contribution in [0.1, 0.15) is 75.4 Å². The molecule has 4 aromatic rings. The van der Waals surface area contributed by atoms with E-state index >= 15 is 0 Å². The molecule has 0 spiro atoms. The first kappa shape index (κ1) is 23.7. The van der Waals surface area contributed by atoms with Crippen LogP contribution in [0.2, 0.25) is 0 Å². The minimum Gasteiger partial charge on any atom is -0.508 e. The predicted molar refractivity (Wildman–Crippen MR) is 139 cm³/mol. The van der Waals surface area contributed by atoms with Crippen LogP contribution in [-0.4, -0.2) is 15.1 Å². The SMILES string of the molecule is CC(C)(c1ccccc1)c1cccc(C(C)(C)c2cccc(C(C)(C)c3ccccc3O)n2)n1. The van der Waals surface area contributed by atoms with Crippen molar-refractivity contribution >= 4 is 0 Å². The van der Waals surface area contributed by atoms with Gasteiger partial charge in [-0.3, -0.25) is 9.97 Å². The van der Waals surface area contributed by atoms with Crippen LogP contribution in [0.3, 0.4) is 0 Å². The fraction of sp³-hybridized carbons (Fsp3) is 0.290. The number of benzene rings is 2. The van der Waals surface area contributed by atoms with Crippen LogP contribution in [0, 0.1) is 0 Å². The van der Waals surface area contributed by atoms with Crippen molar-refractivity contribution in [2.45, 2.75) is 57.8 Å². The smallest absolute Gasteiger partial charge is 0.119 e. The molecule has 0 saturated carbocycles. The standard InChI is InChI=1S/C31H34N2O/c1-29(2,22-14-8-7-9-15-22)25-18-12-20-27(32-25)31(5,6)28-21-13-19-26(33-28)30(3,4)23-16-10-11-17-24(23)34/h7-21,34H,1-6H3. The molecular formula is C31H34N2O. The fourth-order valence-electron chi connectivity index (χ4n) is 4.54. The van der Waals surface area contributed by atoms with Gasteiger partial charge in [0, 0.05) is 21.8 Å². The van der Waals surface area contributed by atoms with Crippen molar-refractivity contribution in [2.24, 2.45) is 0 Å². The second-order valence-electron chi connectivity index (χ2n) is 10.6. The Morgan fingerprint density at radius 3 is 1.44 bits per heavy atom. The minimum absolute atomic E-state index is 0.213. The van der Waals surface area contributed by atoms with Gasteiger partial charge in [-0.2, -0.15) is 0 Å². The van der Waals surface area contributed by atoms with Crippen molar-refractivity contribution in [3.8, 4) is 5.75 Å². The summed E-state index contributed by atoms with van der Waals surface area (Å²) in [7, 11) is 0. The average Bonchev–Trinajstić information content (AvgIpc) is 2.85. The van der Waals surface area contributed by atoms with Gasteiger partial charge in [-0.1, -0.05) is 88.4 Å². The second kappa shape index (κ2) is 8.72. The molecule has 0 aliphatic heterocycles. The van der Waals surface area contributed by atoms with Crippen LogP contribution in [-0.2, 0) is 16.2 Å². The molecule has 4 rings (SSSR count). The van der Waals surface area contributed by atoms with Crippen LogP contribution in [0.15, 0.2) is 91.0 Å². The lowest BCUT2D eigenvalue weighted by atomic mass is 9.78. The average molecular weight is 451 g/mol. The molecule has 3 heteroatoms. The van der Waals surface area contributed by atoms with Crippen LogP contribution in [0.4, 0.5) is 0 Å². The van der Waals surface area contributed by atoms with Crippen molar-refractivity contribution in [1.29, 1.82) is 0 Å². The summed E-state index contributed by atoms with van der Waals surface area (Å²) >= 11 is 0. The van der Waals surface area contributed by atoms with E-state index in [-0.39, 0.29) is 11.2 Å². The maximum Gasteiger partial charge on any atom is 0.119 e. The third-order valence-electron chi connectivity index (χ3n) is 7.13. The first-order valence-electron chi connectivity index (χ1n) is 11.8. The summed E-state index contributed by atoms with van der Waals surface area (Å²) < 4.78 is 0. The number of aromatic nitrogens is 2. The van der Waals surface area contributed by atoms with Crippen molar-refractivity contribution < 1.29 is 5.11 Å². The first-order chi connectivity index (χ1) is 16.0. The molecule has 1 N–H and O–H groups in total. The molecule has 0 fully saturated rings. The molecule has 174 valence electrons. The molecule has 34 heavy (non-hydrogen) atoms. The number of pyridine rings is 2. The molecule has 2 aromatic heterocycles. The maximum atomic E-state index is 10.5. The number of para-hydroxylation sites is 1. The van der Waals surface area contributed by atoms with Crippen molar-refractivity contribution in [3.05, 3.63) is 125 Å². The highest BCUT2D eigenvalue weighted by Gasteiger charge is 2.33. The number of hydrogen-bond acceptors (Lipinski definition) is 3.